The van der Waals surface area contributed by atoms with Crippen molar-refractivity contribution in [2.75, 3.05) is 0 Å². The van der Waals surface area contributed by atoms with Crippen molar-refractivity contribution in [2.24, 2.45) is 0 Å². The highest BCUT2D eigenvalue weighted by molar-refractivity contribution is 6.25. The molecule has 4 aromatic heterocycles. The molecule has 6 heteroatoms. The van der Waals surface area contributed by atoms with Crippen LogP contribution in [-0.2, 0) is 10.8 Å². The van der Waals surface area contributed by atoms with Gasteiger partial charge in [0.1, 0.15) is 17.2 Å². The van der Waals surface area contributed by atoms with Gasteiger partial charge in [-0.05, 0) is 94.8 Å². The smallest absolute Gasteiger partial charge is 0.212 e. The Morgan fingerprint density at radius 1 is 0.484 bits per heavy atom. The monoisotopic (exact) mass is 825 g/mol. The molecule has 6 nitrogen and oxygen atoms in total. The summed E-state index contributed by atoms with van der Waals surface area (Å²) < 4.78 is 13.6. The van der Waals surface area contributed by atoms with E-state index < -0.39 is 0 Å². The van der Waals surface area contributed by atoms with Crippen molar-refractivity contribution >= 4 is 93.0 Å². The number of aromatic nitrogens is 3. The topological polar surface area (TPSA) is 56.1 Å². The van der Waals surface area contributed by atoms with Crippen LogP contribution in [0.3, 0.4) is 0 Å². The van der Waals surface area contributed by atoms with Gasteiger partial charge < -0.3 is 18.1 Å². The van der Waals surface area contributed by atoms with Crippen LogP contribution in [0.15, 0.2) is 156 Å². The summed E-state index contributed by atoms with van der Waals surface area (Å²) in [7, 11) is 0. The van der Waals surface area contributed by atoms with E-state index in [-0.39, 0.29) is 10.8 Å². The van der Waals surface area contributed by atoms with Gasteiger partial charge in [0.15, 0.2) is 0 Å². The minimum absolute atomic E-state index is 0.0831. The lowest BCUT2D eigenvalue weighted by atomic mass is 9.85. The highest BCUT2D eigenvalue weighted by Gasteiger charge is 2.28. The lowest BCUT2D eigenvalue weighted by Crippen LogP contribution is -2.10. The van der Waals surface area contributed by atoms with E-state index in [0.717, 1.165) is 82.3 Å². The van der Waals surface area contributed by atoms with Crippen LogP contribution in [0.1, 0.15) is 58.2 Å². The fourth-order valence-corrected chi connectivity index (χ4v) is 10.2. The fourth-order valence-electron chi connectivity index (χ4n) is 10.2. The zero-order valence-corrected chi connectivity index (χ0v) is 36.6. The molecule has 0 unspecified atom stereocenters. The number of hydrogen-bond donors (Lipinski definition) is 0. The molecule has 0 N–H and O–H groups in total. The third-order valence-electron chi connectivity index (χ3n) is 13.4. The second kappa shape index (κ2) is 13.2. The summed E-state index contributed by atoms with van der Waals surface area (Å²) in [6.07, 6.45) is 0. The molecular formula is C58H43N5O. The van der Waals surface area contributed by atoms with Crippen molar-refractivity contribution in [3.63, 3.8) is 0 Å². The lowest BCUT2D eigenvalue weighted by molar-refractivity contribution is 0.590. The lowest BCUT2D eigenvalue weighted by Gasteiger charge is -2.21. The van der Waals surface area contributed by atoms with Crippen molar-refractivity contribution < 1.29 is 4.42 Å². The molecule has 12 rings (SSSR count). The van der Waals surface area contributed by atoms with E-state index in [1.807, 2.05) is 24.3 Å². The van der Waals surface area contributed by atoms with Crippen molar-refractivity contribution in [3.8, 4) is 23.1 Å². The maximum atomic E-state index is 11.1. The molecule has 0 aliphatic carbocycles. The molecule has 0 radical (unpaired) electrons. The molecule has 306 valence electrons. The Balaban J connectivity index is 1.25. The Labute approximate surface area is 370 Å². The molecule has 0 bridgehead atoms. The first-order chi connectivity index (χ1) is 30.9. The molecule has 8 aromatic carbocycles. The normalized spacial score (nSPS) is 12.5. The number of rotatable bonds is 3. The largest absolute Gasteiger partial charge is 0.455 e. The van der Waals surface area contributed by atoms with Crippen LogP contribution in [0.25, 0.3) is 109 Å². The van der Waals surface area contributed by atoms with Gasteiger partial charge >= 0.3 is 0 Å². The zero-order chi connectivity index (χ0) is 43.8. The molecule has 4 heterocycles. The van der Waals surface area contributed by atoms with Crippen LogP contribution in [0.4, 0.5) is 5.69 Å². The van der Waals surface area contributed by atoms with E-state index in [0.29, 0.717) is 22.6 Å². The molecule has 0 saturated heterocycles. The minimum atomic E-state index is -0.0831. The summed E-state index contributed by atoms with van der Waals surface area (Å²) in [5, 5.41) is 19.7. The molecule has 64 heavy (non-hydrogen) atoms. The van der Waals surface area contributed by atoms with Gasteiger partial charge in [-0.2, -0.15) is 5.26 Å². The molecule has 0 amide bonds. The number of nitriles is 1. The second-order valence-corrected chi connectivity index (χ2v) is 19.2. The van der Waals surface area contributed by atoms with Crippen molar-refractivity contribution in [3.05, 3.63) is 180 Å². The Morgan fingerprint density at radius 3 is 1.62 bits per heavy atom. The summed E-state index contributed by atoms with van der Waals surface area (Å²) in [5.41, 5.74) is 13.1. The molecule has 0 aliphatic heterocycles. The highest BCUT2D eigenvalue weighted by atomic mass is 16.3. The molecule has 0 aliphatic rings. The molecule has 0 atom stereocenters. The average molecular weight is 826 g/mol. The first kappa shape index (κ1) is 37.7. The Kier molecular flexibility index (Phi) is 7.79. The summed E-state index contributed by atoms with van der Waals surface area (Å²) in [4.78, 5) is 4.24. The van der Waals surface area contributed by atoms with Gasteiger partial charge in [-0.3, -0.25) is 0 Å². The maximum absolute atomic E-state index is 11.1. The maximum Gasteiger partial charge on any atom is 0.212 e. The van der Waals surface area contributed by atoms with Crippen molar-refractivity contribution in [1.82, 2.24) is 13.7 Å². The zero-order valence-electron chi connectivity index (χ0n) is 36.6. The summed E-state index contributed by atoms with van der Waals surface area (Å²) in [6.45, 7) is 22.2. The van der Waals surface area contributed by atoms with E-state index in [1.54, 1.807) is 6.07 Å². The molecule has 12 aromatic rings. The van der Waals surface area contributed by atoms with Gasteiger partial charge in [-0.1, -0.05) is 120 Å². The number of nitrogens with zero attached hydrogens (tertiary/aromatic N) is 5. The van der Waals surface area contributed by atoms with Crippen molar-refractivity contribution in [2.45, 2.75) is 52.4 Å². The predicted molar refractivity (Wildman–Crippen MR) is 265 cm³/mol. The van der Waals surface area contributed by atoms with E-state index in [9.17, 15) is 5.26 Å². The number of hydrogen-bond acceptors (Lipinski definition) is 2. The van der Waals surface area contributed by atoms with Crippen LogP contribution in [0, 0.1) is 17.9 Å². The Hall–Kier alpha value is -8.06. The first-order valence-electron chi connectivity index (χ1n) is 21.9. The van der Waals surface area contributed by atoms with Gasteiger partial charge in [0.2, 0.25) is 5.69 Å². The van der Waals surface area contributed by atoms with E-state index in [4.69, 9.17) is 11.0 Å². The van der Waals surface area contributed by atoms with E-state index in [1.165, 1.54) is 21.9 Å². The number of fused-ring (bicyclic) bond motifs is 13. The third-order valence-corrected chi connectivity index (χ3v) is 13.4. The number of para-hydroxylation sites is 3. The minimum Gasteiger partial charge on any atom is -0.455 e. The SMILES string of the molecule is [C-]#[N+]c1ccc(C#N)c(-n2c3ccc(C(C)(C)C)cc3c3cc(C(C)(C)C)ccc32)c1-n1c2ccc(-n3c4ccccc4c4ccccc43)cc2c2c3oc4ccccc4c3ccc21. The van der Waals surface area contributed by atoms with Gasteiger partial charge in [0.25, 0.3) is 0 Å². The highest BCUT2D eigenvalue weighted by Crippen LogP contribution is 2.47. The molecule has 0 fully saturated rings. The average Bonchev–Trinajstić information content (AvgIpc) is 4.03. The van der Waals surface area contributed by atoms with Crippen LogP contribution < -0.4 is 0 Å². The quantitative estimate of drug-likeness (QED) is 0.167. The molecule has 0 spiro atoms. The molecule has 0 saturated carbocycles. The Morgan fingerprint density at radius 2 is 1.02 bits per heavy atom. The van der Waals surface area contributed by atoms with Gasteiger partial charge in [0.05, 0.1) is 62.0 Å². The first-order valence-corrected chi connectivity index (χ1v) is 21.9. The summed E-state index contributed by atoms with van der Waals surface area (Å²) in [6, 6.07) is 55.9. The number of benzene rings is 8. The summed E-state index contributed by atoms with van der Waals surface area (Å²) >= 11 is 0. The van der Waals surface area contributed by atoms with E-state index in [2.05, 4.69) is 187 Å². The van der Waals surface area contributed by atoms with Crippen LogP contribution >= 0.6 is 0 Å². The van der Waals surface area contributed by atoms with Crippen molar-refractivity contribution in [1.29, 1.82) is 5.26 Å². The van der Waals surface area contributed by atoms with Crippen LogP contribution in [0.5, 0.6) is 0 Å². The van der Waals surface area contributed by atoms with Gasteiger partial charge in [-0.15, -0.1) is 0 Å². The van der Waals surface area contributed by atoms with Gasteiger partial charge in [0, 0.05) is 43.4 Å². The van der Waals surface area contributed by atoms with Gasteiger partial charge in [-0.25, -0.2) is 4.85 Å². The summed E-state index contributed by atoms with van der Waals surface area (Å²) in [5.74, 6) is 0. The predicted octanol–water partition coefficient (Wildman–Crippen LogP) is 15.9. The fraction of sp³-hybridized carbons (Fsp3) is 0.138. The molecular weight excluding hydrogens is 783 g/mol. The Bertz CT molecular complexity index is 3940. The standard InChI is InChI=1S/C58H43N5O/c1-57(2,3)35-21-26-48-42(30-35)43-31-36(58(4,5)6)22-27-49(43)62(48)54-34(33-59)20-25-45(60-7)55(54)63-50-28-23-37(61-46-17-11-8-14-38(46)39-15-9-12-18-47(39)61)32-44(50)53-51(63)29-24-41-40-16-10-13-19-52(40)64-56(41)53/h8-32H,1-6H3. The number of furan rings is 1. The third kappa shape index (κ3) is 5.23. The second-order valence-electron chi connectivity index (χ2n) is 19.2. The van der Waals surface area contributed by atoms with Crippen LogP contribution in [0.2, 0.25) is 0 Å². The van der Waals surface area contributed by atoms with Crippen LogP contribution in [-0.4, -0.2) is 13.7 Å². The van der Waals surface area contributed by atoms with E-state index >= 15 is 0 Å².